The summed E-state index contributed by atoms with van der Waals surface area (Å²) >= 11 is 1.27. The number of nitrogens with one attached hydrogen (secondary N) is 1. The van der Waals surface area contributed by atoms with Crippen molar-refractivity contribution in [3.8, 4) is 11.5 Å². The van der Waals surface area contributed by atoms with Gasteiger partial charge in [-0.25, -0.2) is 9.79 Å². The van der Waals surface area contributed by atoms with Crippen LogP contribution in [0.3, 0.4) is 0 Å². The smallest absolute Gasteiger partial charge is 0.344 e. The van der Waals surface area contributed by atoms with E-state index in [1.54, 1.807) is 31.2 Å². The fraction of sp³-hybridized carbons (Fsp3) is 0.227. The molecule has 8 heteroatoms. The minimum absolute atomic E-state index is 0.202. The van der Waals surface area contributed by atoms with Crippen LogP contribution in [0.5, 0.6) is 11.5 Å². The molecule has 0 bridgehead atoms. The summed E-state index contributed by atoms with van der Waals surface area (Å²) in [4.78, 5) is 28.8. The van der Waals surface area contributed by atoms with E-state index < -0.39 is 5.97 Å². The molecule has 2 aromatic rings. The molecule has 0 unspecified atom stereocenters. The van der Waals surface area contributed by atoms with Gasteiger partial charge in [0.25, 0.3) is 5.91 Å². The van der Waals surface area contributed by atoms with Crippen molar-refractivity contribution in [1.82, 2.24) is 5.32 Å². The molecule has 1 amide bonds. The number of carbonyl (C=O) groups excluding carboxylic acids is 2. The van der Waals surface area contributed by atoms with Crippen LogP contribution in [0, 0.1) is 0 Å². The van der Waals surface area contributed by atoms with Gasteiger partial charge in [-0.15, -0.1) is 0 Å². The van der Waals surface area contributed by atoms with E-state index in [1.807, 2.05) is 37.3 Å². The van der Waals surface area contributed by atoms with E-state index in [4.69, 9.17) is 14.2 Å². The maximum Gasteiger partial charge on any atom is 0.344 e. The van der Waals surface area contributed by atoms with Gasteiger partial charge in [-0.05, 0) is 61.5 Å². The summed E-state index contributed by atoms with van der Waals surface area (Å²) in [5.74, 6) is 0.255. The Bertz CT molecular complexity index is 973. The predicted octanol–water partition coefficient (Wildman–Crippen LogP) is 3.92. The molecule has 156 valence electrons. The molecule has 1 N–H and O–H groups in total. The number of amidine groups is 1. The molecule has 30 heavy (non-hydrogen) atoms. The normalized spacial score (nSPS) is 15.9. The summed E-state index contributed by atoms with van der Waals surface area (Å²) in [6.45, 7) is 4.11. The third-order valence-corrected chi connectivity index (χ3v) is 4.76. The molecule has 1 aliphatic rings. The van der Waals surface area contributed by atoms with E-state index in [9.17, 15) is 9.59 Å². The monoisotopic (exact) mass is 426 g/mol. The minimum atomic E-state index is -0.449. The minimum Gasteiger partial charge on any atom is -0.490 e. The molecule has 0 aromatic heterocycles. The highest BCUT2D eigenvalue weighted by Crippen LogP contribution is 2.32. The van der Waals surface area contributed by atoms with Crippen LogP contribution in [-0.2, 0) is 14.3 Å². The van der Waals surface area contributed by atoms with E-state index in [-0.39, 0.29) is 12.5 Å². The molecule has 0 atom stereocenters. The first-order chi connectivity index (χ1) is 14.6. The van der Waals surface area contributed by atoms with Crippen molar-refractivity contribution in [3.63, 3.8) is 0 Å². The molecular weight excluding hydrogens is 404 g/mol. The van der Waals surface area contributed by atoms with Crippen molar-refractivity contribution in [2.45, 2.75) is 13.8 Å². The average Bonchev–Trinajstić information content (AvgIpc) is 3.07. The van der Waals surface area contributed by atoms with Gasteiger partial charge in [0.1, 0.15) is 0 Å². The number of hydrogen-bond acceptors (Lipinski definition) is 7. The van der Waals surface area contributed by atoms with Gasteiger partial charge >= 0.3 is 5.97 Å². The number of ether oxygens (including phenoxy) is 3. The fourth-order valence-corrected chi connectivity index (χ4v) is 3.43. The second kappa shape index (κ2) is 10.5. The summed E-state index contributed by atoms with van der Waals surface area (Å²) in [6.07, 6.45) is 1.76. The predicted molar refractivity (Wildman–Crippen MR) is 117 cm³/mol. The average molecular weight is 426 g/mol. The molecule has 7 nitrogen and oxygen atoms in total. The van der Waals surface area contributed by atoms with Crippen molar-refractivity contribution in [3.05, 3.63) is 59.0 Å². The zero-order chi connectivity index (χ0) is 21.3. The first-order valence-electron chi connectivity index (χ1n) is 9.49. The molecule has 1 fully saturated rings. The first-order valence-corrected chi connectivity index (χ1v) is 10.3. The van der Waals surface area contributed by atoms with E-state index in [0.29, 0.717) is 34.8 Å². The standard InChI is InChI=1S/C22H22N2O5S/c1-3-27-18-12-15(10-11-17(18)29-14-20(25)28-4-2)13-19-21(26)24-22(30-19)23-16-8-6-5-7-9-16/h5-13H,3-4,14H2,1-2H3,(H,23,24,26)/b19-13-. The van der Waals surface area contributed by atoms with Crippen LogP contribution in [0.25, 0.3) is 6.08 Å². The zero-order valence-corrected chi connectivity index (χ0v) is 17.5. The Morgan fingerprint density at radius 1 is 1.07 bits per heavy atom. The Hall–Kier alpha value is -3.26. The fourth-order valence-electron chi connectivity index (χ4n) is 2.59. The highest BCUT2D eigenvalue weighted by molar-refractivity contribution is 8.18. The number of amides is 1. The van der Waals surface area contributed by atoms with Gasteiger partial charge in [0.05, 0.1) is 23.8 Å². The van der Waals surface area contributed by atoms with Gasteiger partial charge in [-0.3, -0.25) is 4.79 Å². The third-order valence-electron chi connectivity index (χ3n) is 3.85. The molecular formula is C22H22N2O5S. The lowest BCUT2D eigenvalue weighted by molar-refractivity contribution is -0.145. The van der Waals surface area contributed by atoms with Crippen molar-refractivity contribution in [2.24, 2.45) is 4.99 Å². The van der Waals surface area contributed by atoms with Crippen LogP contribution < -0.4 is 14.8 Å². The molecule has 0 saturated carbocycles. The summed E-state index contributed by atoms with van der Waals surface area (Å²) in [5.41, 5.74) is 1.53. The van der Waals surface area contributed by atoms with Crippen molar-refractivity contribution in [1.29, 1.82) is 0 Å². The summed E-state index contributed by atoms with van der Waals surface area (Å²) in [6, 6.07) is 14.7. The SMILES string of the molecule is CCOC(=O)COc1ccc(/C=C2\SC(=Nc3ccccc3)NC2=O)cc1OCC. The Kier molecular flexibility index (Phi) is 7.51. The summed E-state index contributed by atoms with van der Waals surface area (Å²) in [5, 5.41) is 3.29. The van der Waals surface area contributed by atoms with Crippen LogP contribution in [0.2, 0.25) is 0 Å². The Balaban J connectivity index is 1.76. The number of benzene rings is 2. The van der Waals surface area contributed by atoms with E-state index >= 15 is 0 Å². The molecule has 1 heterocycles. The quantitative estimate of drug-likeness (QED) is 0.509. The van der Waals surface area contributed by atoms with Crippen LogP contribution in [0.4, 0.5) is 5.69 Å². The number of hydrogen-bond donors (Lipinski definition) is 1. The Morgan fingerprint density at radius 3 is 2.60 bits per heavy atom. The van der Waals surface area contributed by atoms with Gasteiger partial charge in [0.2, 0.25) is 0 Å². The lowest BCUT2D eigenvalue weighted by atomic mass is 10.2. The number of thioether (sulfide) groups is 1. The molecule has 1 saturated heterocycles. The van der Waals surface area contributed by atoms with E-state index in [1.165, 1.54) is 11.8 Å². The third kappa shape index (κ3) is 5.87. The number of rotatable bonds is 8. The molecule has 0 aliphatic carbocycles. The maximum atomic E-state index is 12.3. The molecule has 0 radical (unpaired) electrons. The highest BCUT2D eigenvalue weighted by atomic mass is 32.2. The number of para-hydroxylation sites is 1. The second-order valence-electron chi connectivity index (χ2n) is 6.05. The van der Waals surface area contributed by atoms with Crippen molar-refractivity contribution in [2.75, 3.05) is 19.8 Å². The molecule has 0 spiro atoms. The van der Waals surface area contributed by atoms with Gasteiger partial charge < -0.3 is 19.5 Å². The summed E-state index contributed by atoms with van der Waals surface area (Å²) < 4.78 is 16.0. The van der Waals surface area contributed by atoms with Gasteiger partial charge in [0.15, 0.2) is 23.3 Å². The largest absolute Gasteiger partial charge is 0.490 e. The Labute approximate surface area is 179 Å². The van der Waals surface area contributed by atoms with E-state index in [0.717, 1.165) is 11.3 Å². The van der Waals surface area contributed by atoms with Crippen LogP contribution in [0.15, 0.2) is 58.4 Å². The number of aliphatic imine (C=N–C) groups is 1. The summed E-state index contributed by atoms with van der Waals surface area (Å²) in [7, 11) is 0. The molecule has 2 aromatic carbocycles. The number of carbonyl (C=O) groups is 2. The first kappa shape index (κ1) is 21.4. The number of nitrogens with zero attached hydrogens (tertiary/aromatic N) is 1. The lowest BCUT2D eigenvalue weighted by Gasteiger charge is -2.12. The number of esters is 1. The van der Waals surface area contributed by atoms with Crippen molar-refractivity contribution >= 4 is 40.6 Å². The van der Waals surface area contributed by atoms with Gasteiger partial charge in [-0.2, -0.15) is 0 Å². The topological polar surface area (TPSA) is 86.2 Å². The van der Waals surface area contributed by atoms with E-state index in [2.05, 4.69) is 10.3 Å². The molecule has 1 aliphatic heterocycles. The molecule has 3 rings (SSSR count). The second-order valence-corrected chi connectivity index (χ2v) is 7.08. The lowest BCUT2D eigenvalue weighted by Crippen LogP contribution is -2.19. The van der Waals surface area contributed by atoms with Gasteiger partial charge in [-0.1, -0.05) is 24.3 Å². The zero-order valence-electron chi connectivity index (χ0n) is 16.7. The van der Waals surface area contributed by atoms with Crippen LogP contribution >= 0.6 is 11.8 Å². The van der Waals surface area contributed by atoms with Gasteiger partial charge in [0, 0.05) is 0 Å². The van der Waals surface area contributed by atoms with Crippen LogP contribution in [-0.4, -0.2) is 36.9 Å². The highest BCUT2D eigenvalue weighted by Gasteiger charge is 2.24. The van der Waals surface area contributed by atoms with Crippen LogP contribution in [0.1, 0.15) is 19.4 Å². The maximum absolute atomic E-state index is 12.3. The van der Waals surface area contributed by atoms with Crippen molar-refractivity contribution < 1.29 is 23.8 Å². The Morgan fingerprint density at radius 2 is 1.87 bits per heavy atom.